The fourth-order valence-electron chi connectivity index (χ4n) is 1.51. The summed E-state index contributed by atoms with van der Waals surface area (Å²) in [5.74, 6) is 0.294. The molecule has 13 heavy (non-hydrogen) atoms. The topological polar surface area (TPSA) is 35.5 Å². The predicted molar refractivity (Wildman–Crippen MR) is 49.6 cm³/mol. The Morgan fingerprint density at radius 3 is 2.62 bits per heavy atom. The van der Waals surface area contributed by atoms with Crippen LogP contribution in [0, 0.1) is 5.41 Å². The van der Waals surface area contributed by atoms with Crippen LogP contribution in [0.5, 0.6) is 0 Å². The van der Waals surface area contributed by atoms with Crippen molar-refractivity contribution in [2.45, 2.75) is 39.4 Å². The van der Waals surface area contributed by atoms with Gasteiger partial charge in [-0.2, -0.15) is 0 Å². The van der Waals surface area contributed by atoms with Crippen molar-refractivity contribution >= 4 is 5.78 Å². The fourth-order valence-corrected chi connectivity index (χ4v) is 1.51. The number of carbonyl (C=O) groups is 1. The molecule has 0 spiro atoms. The van der Waals surface area contributed by atoms with Crippen LogP contribution in [0.2, 0.25) is 0 Å². The van der Waals surface area contributed by atoms with E-state index >= 15 is 0 Å². The number of ether oxygens (including phenoxy) is 2. The van der Waals surface area contributed by atoms with Gasteiger partial charge < -0.3 is 9.47 Å². The Hall–Kier alpha value is -0.410. The van der Waals surface area contributed by atoms with Gasteiger partial charge in [-0.1, -0.05) is 13.8 Å². The molecule has 1 rings (SSSR count). The van der Waals surface area contributed by atoms with E-state index < -0.39 is 0 Å². The molecule has 1 aliphatic rings. The zero-order valence-electron chi connectivity index (χ0n) is 8.79. The summed E-state index contributed by atoms with van der Waals surface area (Å²) in [4.78, 5) is 11.2. The summed E-state index contributed by atoms with van der Waals surface area (Å²) >= 11 is 0. The number of ketones is 1. The van der Waals surface area contributed by atoms with Crippen molar-refractivity contribution in [3.63, 3.8) is 0 Å². The average Bonchev–Trinajstić information content (AvgIpc) is 2.04. The van der Waals surface area contributed by atoms with Crippen molar-refractivity contribution in [2.75, 3.05) is 13.7 Å². The molecule has 1 fully saturated rings. The van der Waals surface area contributed by atoms with E-state index in [2.05, 4.69) is 0 Å². The highest BCUT2D eigenvalue weighted by Gasteiger charge is 2.48. The van der Waals surface area contributed by atoms with E-state index in [9.17, 15) is 4.79 Å². The number of Topliss-reactive ketones (excluding diaryl/α,β-unsaturated/α-hetero) is 1. The second-order valence-electron chi connectivity index (χ2n) is 4.24. The third-order valence-corrected chi connectivity index (χ3v) is 2.69. The minimum Gasteiger partial charge on any atom is -0.382 e. The number of carbonyl (C=O) groups excluding carboxylic acids is 1. The lowest BCUT2D eigenvalue weighted by Crippen LogP contribution is -2.52. The molecule has 0 aliphatic heterocycles. The van der Waals surface area contributed by atoms with Crippen molar-refractivity contribution in [3.8, 4) is 0 Å². The van der Waals surface area contributed by atoms with E-state index in [1.54, 1.807) is 7.11 Å². The summed E-state index contributed by atoms with van der Waals surface area (Å²) in [6, 6.07) is 0. The van der Waals surface area contributed by atoms with Gasteiger partial charge in [-0.15, -0.1) is 0 Å². The SMILES string of the molecule is COCC(C)OC1CC(=O)C1(C)C. The lowest BCUT2D eigenvalue weighted by molar-refractivity contribution is -0.168. The first-order valence-electron chi connectivity index (χ1n) is 4.66. The van der Waals surface area contributed by atoms with Crippen LogP contribution in [0.4, 0.5) is 0 Å². The molecular formula is C10H18O3. The van der Waals surface area contributed by atoms with Crippen LogP contribution in [0.1, 0.15) is 27.2 Å². The van der Waals surface area contributed by atoms with Crippen molar-refractivity contribution in [2.24, 2.45) is 5.41 Å². The van der Waals surface area contributed by atoms with Crippen molar-refractivity contribution in [3.05, 3.63) is 0 Å². The quantitative estimate of drug-likeness (QED) is 0.666. The molecule has 0 radical (unpaired) electrons. The largest absolute Gasteiger partial charge is 0.382 e. The van der Waals surface area contributed by atoms with E-state index in [1.165, 1.54) is 0 Å². The minimum absolute atomic E-state index is 0.0716. The third-order valence-electron chi connectivity index (χ3n) is 2.69. The van der Waals surface area contributed by atoms with Gasteiger partial charge in [0.25, 0.3) is 0 Å². The van der Waals surface area contributed by atoms with Crippen LogP contribution in [0.25, 0.3) is 0 Å². The molecule has 2 unspecified atom stereocenters. The number of methoxy groups -OCH3 is 1. The van der Waals surface area contributed by atoms with E-state index in [1.807, 2.05) is 20.8 Å². The zero-order chi connectivity index (χ0) is 10.1. The molecule has 0 N–H and O–H groups in total. The normalized spacial score (nSPS) is 28.3. The van der Waals surface area contributed by atoms with E-state index in [0.717, 1.165) is 0 Å². The van der Waals surface area contributed by atoms with Gasteiger partial charge in [-0.25, -0.2) is 0 Å². The van der Waals surface area contributed by atoms with Gasteiger partial charge in [0.15, 0.2) is 0 Å². The van der Waals surface area contributed by atoms with Crippen LogP contribution in [0.3, 0.4) is 0 Å². The molecule has 0 aromatic heterocycles. The lowest BCUT2D eigenvalue weighted by Gasteiger charge is -2.43. The van der Waals surface area contributed by atoms with Crippen molar-refractivity contribution in [1.82, 2.24) is 0 Å². The average molecular weight is 186 g/mol. The predicted octanol–water partition coefficient (Wildman–Crippen LogP) is 1.41. The van der Waals surface area contributed by atoms with Gasteiger partial charge in [-0.3, -0.25) is 4.79 Å². The van der Waals surface area contributed by atoms with Gasteiger partial charge >= 0.3 is 0 Å². The molecule has 2 atom stereocenters. The first-order chi connectivity index (χ1) is 5.98. The minimum atomic E-state index is -0.290. The van der Waals surface area contributed by atoms with Crippen molar-refractivity contribution in [1.29, 1.82) is 0 Å². The van der Waals surface area contributed by atoms with Gasteiger partial charge in [-0.05, 0) is 6.92 Å². The Balaban J connectivity index is 2.35. The maximum absolute atomic E-state index is 11.2. The summed E-state index contributed by atoms with van der Waals surface area (Å²) in [5, 5.41) is 0. The Labute approximate surface area is 79.4 Å². The molecule has 1 aliphatic carbocycles. The number of hydrogen-bond acceptors (Lipinski definition) is 3. The molecule has 3 nitrogen and oxygen atoms in total. The molecule has 1 saturated carbocycles. The second kappa shape index (κ2) is 3.76. The molecule has 0 saturated heterocycles. The van der Waals surface area contributed by atoms with E-state index in [0.29, 0.717) is 18.8 Å². The molecular weight excluding hydrogens is 168 g/mol. The summed E-state index contributed by atoms with van der Waals surface area (Å²) < 4.78 is 10.6. The molecule has 0 amide bonds. The maximum atomic E-state index is 11.2. The van der Waals surface area contributed by atoms with Gasteiger partial charge in [0.05, 0.1) is 24.2 Å². The van der Waals surface area contributed by atoms with Crippen molar-refractivity contribution < 1.29 is 14.3 Å². The van der Waals surface area contributed by atoms with Crippen LogP contribution in [0.15, 0.2) is 0 Å². The Kier molecular flexibility index (Phi) is 3.09. The van der Waals surface area contributed by atoms with E-state index in [-0.39, 0.29) is 17.6 Å². The third kappa shape index (κ3) is 2.09. The maximum Gasteiger partial charge on any atom is 0.143 e. The molecule has 0 heterocycles. The number of hydrogen-bond donors (Lipinski definition) is 0. The van der Waals surface area contributed by atoms with Crippen LogP contribution < -0.4 is 0 Å². The summed E-state index contributed by atoms with van der Waals surface area (Å²) in [6.45, 7) is 6.41. The molecule has 0 bridgehead atoms. The fraction of sp³-hybridized carbons (Fsp3) is 0.900. The first kappa shape index (κ1) is 10.7. The van der Waals surface area contributed by atoms with Crippen LogP contribution >= 0.6 is 0 Å². The highest BCUT2D eigenvalue weighted by Crippen LogP contribution is 2.39. The highest BCUT2D eigenvalue weighted by atomic mass is 16.5. The summed E-state index contributed by atoms with van der Waals surface area (Å²) in [6.07, 6.45) is 0.702. The van der Waals surface area contributed by atoms with Gasteiger partial charge in [0.2, 0.25) is 0 Å². The first-order valence-corrected chi connectivity index (χ1v) is 4.66. The molecule has 76 valence electrons. The van der Waals surface area contributed by atoms with Crippen LogP contribution in [-0.4, -0.2) is 31.7 Å². The standard InChI is InChI=1S/C10H18O3/c1-7(6-12-4)13-9-5-8(11)10(9,2)3/h7,9H,5-6H2,1-4H3. The molecule has 0 aromatic carbocycles. The lowest BCUT2D eigenvalue weighted by atomic mass is 9.68. The van der Waals surface area contributed by atoms with Gasteiger partial charge in [0, 0.05) is 13.5 Å². The van der Waals surface area contributed by atoms with Gasteiger partial charge in [0.1, 0.15) is 5.78 Å². The smallest absolute Gasteiger partial charge is 0.143 e. The Morgan fingerprint density at radius 2 is 2.23 bits per heavy atom. The Morgan fingerprint density at radius 1 is 1.62 bits per heavy atom. The Bertz CT molecular complexity index is 198. The molecule has 0 aromatic rings. The van der Waals surface area contributed by atoms with E-state index in [4.69, 9.17) is 9.47 Å². The highest BCUT2D eigenvalue weighted by molar-refractivity contribution is 5.91. The molecule has 3 heteroatoms. The zero-order valence-corrected chi connectivity index (χ0v) is 8.79. The number of rotatable bonds is 4. The summed E-state index contributed by atoms with van der Waals surface area (Å²) in [7, 11) is 1.65. The second-order valence-corrected chi connectivity index (χ2v) is 4.24. The summed E-state index contributed by atoms with van der Waals surface area (Å²) in [5.41, 5.74) is -0.290. The monoisotopic (exact) mass is 186 g/mol. The van der Waals surface area contributed by atoms with Crippen LogP contribution in [-0.2, 0) is 14.3 Å².